The Morgan fingerprint density at radius 3 is 1.17 bits per heavy atom. The number of aryl methyl sites for hydroxylation is 1. The molecule has 0 saturated carbocycles. The standard InChI is InChI=1S/C53H87N5O37/c1-87-53(86)54-12-4-2-3-5-30(65)55-19-22-20-58(57-56-22)13-6-23-31(66)43(78)51(85)95-45-29(21-64)94-52(44(79)37(45)72)93-28(11-18-63)36(71)42(77)50(84)92-27(10-17-62)35(70)41(76)49(83)91-26(9-16-61)34(69)40(75)48(82)90-25(8-15-60)33(68)39(74)47(81)89-24(7-14-59)32(67)38(73)46(80)88-23/h20,23-29,37,44-52,59-64,66-85H,2-19,21H2,1H3,(H,54,86)(H,55,65)/b38-32-,39-33-,40-34-,41-35-,42-36-,43-31-. The first-order chi connectivity index (χ1) is 45.0. The van der Waals surface area contributed by atoms with Gasteiger partial charge in [-0.2, -0.15) is 0 Å². The van der Waals surface area contributed by atoms with Crippen LogP contribution in [0.1, 0.15) is 69.9 Å². The molecule has 28 N–H and O–H groups in total. The molecule has 17 unspecified atom stereocenters. The highest BCUT2D eigenvalue weighted by Gasteiger charge is 2.49. The molecule has 17 atom stereocenters. The number of aromatic nitrogens is 3. The van der Waals surface area contributed by atoms with Gasteiger partial charge in [-0.1, -0.05) is 11.6 Å². The fraction of sp³-hybridized carbons (Fsp3) is 0.698. The second-order valence-electron chi connectivity index (χ2n) is 20.6. The summed E-state index contributed by atoms with van der Waals surface area (Å²) in [6, 6.07) is 0. The van der Waals surface area contributed by atoms with E-state index in [4.69, 9.17) is 37.9 Å². The lowest BCUT2D eigenvalue weighted by atomic mass is 9.98. The van der Waals surface area contributed by atoms with E-state index in [1.807, 2.05) is 0 Å². The third-order valence-corrected chi connectivity index (χ3v) is 13.8. The van der Waals surface area contributed by atoms with Gasteiger partial charge in [-0.3, -0.25) is 9.48 Å². The monoisotopic (exact) mass is 1390 g/mol. The van der Waals surface area contributed by atoms with Gasteiger partial charge in [0.1, 0.15) is 66.7 Å². The highest BCUT2D eigenvalue weighted by Crippen LogP contribution is 2.32. The van der Waals surface area contributed by atoms with Crippen LogP contribution in [0.2, 0.25) is 0 Å². The quantitative estimate of drug-likeness (QED) is 0.0484. The number of fused-ring (bicyclic) bond motifs is 26. The molecule has 42 heteroatoms. The second kappa shape index (κ2) is 41.2. The average molecular weight is 1390 g/mol. The molecule has 1 fully saturated rings. The van der Waals surface area contributed by atoms with E-state index in [0.29, 0.717) is 25.8 Å². The number of aliphatic hydroxyl groups is 26. The number of nitrogens with zero attached hydrogens (tertiary/aromatic N) is 3. The summed E-state index contributed by atoms with van der Waals surface area (Å²) in [5, 5.41) is 293. The van der Waals surface area contributed by atoms with E-state index in [1.54, 1.807) is 0 Å². The zero-order chi connectivity index (χ0) is 71.4. The summed E-state index contributed by atoms with van der Waals surface area (Å²) in [7, 11) is 1.20. The van der Waals surface area contributed by atoms with E-state index >= 15 is 0 Å². The zero-order valence-electron chi connectivity index (χ0n) is 50.8. The first-order valence-electron chi connectivity index (χ1n) is 29.0. The average Bonchev–Trinajstić information content (AvgIpc) is 1.11. The van der Waals surface area contributed by atoms with Gasteiger partial charge in [0, 0.05) is 91.1 Å². The summed E-state index contributed by atoms with van der Waals surface area (Å²) in [4.78, 5) is 23.8. The van der Waals surface area contributed by atoms with Crippen LogP contribution in [0.3, 0.4) is 0 Å². The number of rotatable bonds is 22. The van der Waals surface area contributed by atoms with Gasteiger partial charge in [0.05, 0.1) is 26.5 Å². The fourth-order valence-electron chi connectivity index (χ4n) is 8.66. The van der Waals surface area contributed by atoms with E-state index in [2.05, 4.69) is 25.7 Å². The molecule has 0 aliphatic carbocycles. The van der Waals surface area contributed by atoms with Crippen molar-refractivity contribution in [1.29, 1.82) is 0 Å². The predicted octanol–water partition coefficient (Wildman–Crippen LogP) is -4.86. The molecule has 95 heavy (non-hydrogen) atoms. The Hall–Kier alpha value is -6.96. The molecule has 0 spiro atoms. The van der Waals surface area contributed by atoms with Crippen LogP contribution in [0.4, 0.5) is 4.79 Å². The summed E-state index contributed by atoms with van der Waals surface area (Å²) in [5.41, 5.74) is 0.144. The maximum Gasteiger partial charge on any atom is 0.406 e. The van der Waals surface area contributed by atoms with E-state index in [9.17, 15) is 142 Å². The van der Waals surface area contributed by atoms with Crippen molar-refractivity contribution in [2.75, 3.05) is 53.3 Å². The van der Waals surface area contributed by atoms with Crippen LogP contribution in [0, 0.1) is 0 Å². The molecule has 4 heterocycles. The fourth-order valence-corrected chi connectivity index (χ4v) is 8.66. The van der Waals surface area contributed by atoms with Gasteiger partial charge in [0.15, 0.2) is 75.4 Å². The van der Waals surface area contributed by atoms with Crippen molar-refractivity contribution in [3.05, 3.63) is 81.0 Å². The minimum atomic E-state index is -2.91. The molecule has 42 nitrogen and oxygen atoms in total. The van der Waals surface area contributed by atoms with Crippen LogP contribution >= 0.6 is 0 Å². The minimum Gasteiger partial charge on any atom is -0.506 e. The van der Waals surface area contributed by atoms with Crippen molar-refractivity contribution in [1.82, 2.24) is 25.6 Å². The van der Waals surface area contributed by atoms with E-state index in [1.165, 1.54) is 13.3 Å². The Kier molecular flexibility index (Phi) is 35.7. The summed E-state index contributed by atoms with van der Waals surface area (Å²) in [5.74, 6) is -19.7. The number of hydrogen-bond donors (Lipinski definition) is 28. The van der Waals surface area contributed by atoms with Crippen LogP contribution in [-0.2, 0) is 60.5 Å². The maximum atomic E-state index is 12.5. The number of methoxy groups -OCH3 is 1. The molecule has 1 saturated heterocycles. The third kappa shape index (κ3) is 24.6. The predicted molar refractivity (Wildman–Crippen MR) is 305 cm³/mol. The van der Waals surface area contributed by atoms with E-state index in [0.717, 1.165) is 4.68 Å². The van der Waals surface area contributed by atoms with Crippen LogP contribution in [0.15, 0.2) is 75.3 Å². The van der Waals surface area contributed by atoms with Crippen molar-refractivity contribution < 1.29 is 185 Å². The topological polar surface area (TPSA) is 698 Å². The third-order valence-electron chi connectivity index (χ3n) is 13.8. The molecule has 2 bridgehead atoms. The highest BCUT2D eigenvalue weighted by molar-refractivity contribution is 5.75. The Bertz CT molecular complexity index is 2710. The summed E-state index contributed by atoms with van der Waals surface area (Å²) >= 11 is 0. The van der Waals surface area contributed by atoms with E-state index < -0.39 is 271 Å². The largest absolute Gasteiger partial charge is 0.506 e. The highest BCUT2D eigenvalue weighted by atomic mass is 16.7. The van der Waals surface area contributed by atoms with Gasteiger partial charge >= 0.3 is 6.09 Å². The Morgan fingerprint density at radius 2 is 0.811 bits per heavy atom. The number of unbranched alkanes of at least 4 members (excludes halogenated alkanes) is 2. The van der Waals surface area contributed by atoms with E-state index in [-0.39, 0.29) is 18.7 Å². The number of carbonyl (C=O) groups is 2. The van der Waals surface area contributed by atoms with Crippen molar-refractivity contribution in [2.45, 2.75) is 182 Å². The number of amides is 2. The molecular weight excluding hydrogens is 1300 g/mol. The number of carbonyl (C=O) groups excluding carboxylic acids is 2. The van der Waals surface area contributed by atoms with Crippen molar-refractivity contribution >= 4 is 12.0 Å². The number of ether oxygens (including phenoxy) is 9. The smallest absolute Gasteiger partial charge is 0.406 e. The Balaban J connectivity index is 2.19. The van der Waals surface area contributed by atoms with Crippen LogP contribution in [-0.4, -0.2) is 318 Å². The number of hydrogen-bond acceptors (Lipinski definition) is 39. The number of alkyl carbamates (subject to hydrolysis) is 1. The second-order valence-corrected chi connectivity index (χ2v) is 20.6. The molecule has 2 amide bonds. The molecule has 4 rings (SSSR count). The maximum absolute atomic E-state index is 12.5. The zero-order valence-corrected chi connectivity index (χ0v) is 50.8. The van der Waals surface area contributed by atoms with Crippen molar-refractivity contribution in [2.24, 2.45) is 0 Å². The molecule has 3 aliphatic rings. The molecule has 3 aliphatic heterocycles. The molecule has 1 aromatic heterocycles. The SMILES string of the molecule is COC(=O)NCCCCCC(=O)NCc1cn(CCC2OC(O)/C(O)=C(/O)C(CCO)OC(O)/C(O)=C(/O)C(CCO)OC(O)/C(O)=C(/O)C(CCO)OC(O)/C(O)=C(/O)C(CCO)OC(O)/C(O)=C(/O)C(CCO)OC3OC(CO)C(OC(O)/C(O)=C\2O)C(O)C3O)nn1. The molecule has 1 aromatic rings. The van der Waals surface area contributed by atoms with Gasteiger partial charge in [-0.25, -0.2) is 4.79 Å². The first-order valence-corrected chi connectivity index (χ1v) is 29.0. The van der Waals surface area contributed by atoms with Crippen molar-refractivity contribution in [3.8, 4) is 0 Å². The van der Waals surface area contributed by atoms with Crippen LogP contribution in [0.5, 0.6) is 0 Å². The lowest BCUT2D eigenvalue weighted by Crippen LogP contribution is -2.61. The van der Waals surface area contributed by atoms with Gasteiger partial charge in [0.2, 0.25) is 43.6 Å². The summed E-state index contributed by atoms with van der Waals surface area (Å²) in [6.07, 6.45) is -44.6. The number of nitrogens with one attached hydrogen (secondary N) is 2. The minimum absolute atomic E-state index is 0.0834. The van der Waals surface area contributed by atoms with Crippen LogP contribution in [0.25, 0.3) is 0 Å². The Morgan fingerprint density at radius 1 is 0.453 bits per heavy atom. The lowest BCUT2D eigenvalue weighted by molar-refractivity contribution is -0.329. The van der Waals surface area contributed by atoms with Crippen molar-refractivity contribution in [3.63, 3.8) is 0 Å². The van der Waals surface area contributed by atoms with Gasteiger partial charge in [-0.15, -0.1) is 5.10 Å². The summed E-state index contributed by atoms with van der Waals surface area (Å²) in [6.45, 7) is -6.54. The molecule has 546 valence electrons. The molecule has 0 aromatic carbocycles. The molecule has 0 radical (unpaired) electrons. The first kappa shape index (κ1) is 82.3. The summed E-state index contributed by atoms with van der Waals surface area (Å²) < 4.78 is 47.6. The normalized spacial score (nSPS) is 34.9. The van der Waals surface area contributed by atoms with Gasteiger partial charge in [-0.05, 0) is 12.8 Å². The van der Waals surface area contributed by atoms with Gasteiger partial charge < -0.3 is 186 Å². The van der Waals surface area contributed by atoms with Gasteiger partial charge in [0.25, 0.3) is 0 Å². The lowest BCUT2D eigenvalue weighted by Gasteiger charge is -2.43. The molecular formula is C53H87N5O37. The number of aliphatic hydroxyl groups excluding tert-OH is 26. The van der Waals surface area contributed by atoms with Crippen LogP contribution < -0.4 is 10.6 Å². The Labute approximate surface area is 538 Å².